The van der Waals surface area contributed by atoms with Gasteiger partial charge in [0.2, 0.25) is 0 Å². The molecule has 0 saturated carbocycles. The zero-order chi connectivity index (χ0) is 12.0. The van der Waals surface area contributed by atoms with E-state index in [2.05, 4.69) is 49.3 Å². The number of nitrogens with one attached hydrogen (secondary N) is 1. The number of hydrogen-bond acceptors (Lipinski definition) is 1. The molecule has 0 saturated heterocycles. The van der Waals surface area contributed by atoms with Gasteiger partial charge in [-0.15, -0.1) is 24.0 Å². The summed E-state index contributed by atoms with van der Waals surface area (Å²) in [6.07, 6.45) is 1.04. The minimum Gasteiger partial charge on any atom is -0.370 e. The Bertz CT molecular complexity index is 363. The largest absolute Gasteiger partial charge is 0.370 e. The van der Waals surface area contributed by atoms with E-state index >= 15 is 0 Å². The first-order valence-corrected chi connectivity index (χ1v) is 5.73. The topological polar surface area (TPSA) is 50.4 Å². The molecule has 1 aromatic carbocycles. The van der Waals surface area contributed by atoms with Crippen LogP contribution in [0, 0.1) is 6.92 Å². The highest BCUT2D eigenvalue weighted by atomic mass is 127. The van der Waals surface area contributed by atoms with Crippen LogP contribution in [0.5, 0.6) is 0 Å². The second-order valence-electron chi connectivity index (χ2n) is 4.14. The van der Waals surface area contributed by atoms with E-state index in [0.29, 0.717) is 18.5 Å². The van der Waals surface area contributed by atoms with E-state index in [1.807, 2.05) is 6.07 Å². The van der Waals surface area contributed by atoms with Gasteiger partial charge in [-0.3, -0.25) is 0 Å². The Balaban J connectivity index is 0.00000256. The summed E-state index contributed by atoms with van der Waals surface area (Å²) in [6, 6.07) is 8.68. The fraction of sp³-hybridized carbons (Fsp3) is 0.462. The van der Waals surface area contributed by atoms with Gasteiger partial charge in [-0.2, -0.15) is 0 Å². The lowest BCUT2D eigenvalue weighted by molar-refractivity contribution is 0.636. The van der Waals surface area contributed by atoms with Crippen LogP contribution in [-0.4, -0.2) is 12.0 Å². The Morgan fingerprint density at radius 1 is 1.47 bits per heavy atom. The molecule has 1 atom stereocenters. The minimum atomic E-state index is 0. The third-order valence-corrected chi connectivity index (χ3v) is 2.52. The lowest BCUT2D eigenvalue weighted by atomic mass is 10.1. The molecule has 0 amide bonds. The van der Waals surface area contributed by atoms with Crippen LogP contribution in [-0.2, 0) is 6.54 Å². The van der Waals surface area contributed by atoms with Gasteiger partial charge in [-0.1, -0.05) is 36.8 Å². The Morgan fingerprint density at radius 3 is 2.76 bits per heavy atom. The predicted octanol–water partition coefficient (Wildman–Crippen LogP) is 2.82. The molecule has 3 nitrogen and oxygen atoms in total. The van der Waals surface area contributed by atoms with Gasteiger partial charge in [0.15, 0.2) is 5.96 Å². The van der Waals surface area contributed by atoms with Gasteiger partial charge in [0.05, 0.1) is 6.54 Å². The summed E-state index contributed by atoms with van der Waals surface area (Å²) in [5.74, 6) is 0.524. The van der Waals surface area contributed by atoms with Gasteiger partial charge in [0.25, 0.3) is 0 Å². The lowest BCUT2D eigenvalue weighted by Crippen LogP contribution is -2.38. The van der Waals surface area contributed by atoms with Crippen LogP contribution in [0.3, 0.4) is 0 Å². The number of hydrogen-bond donors (Lipinski definition) is 2. The van der Waals surface area contributed by atoms with E-state index in [1.54, 1.807) is 0 Å². The van der Waals surface area contributed by atoms with Crippen molar-refractivity contribution in [2.24, 2.45) is 10.7 Å². The predicted molar refractivity (Wildman–Crippen MR) is 84.8 cm³/mol. The number of guanidine groups is 1. The van der Waals surface area contributed by atoms with Gasteiger partial charge in [-0.25, -0.2) is 4.99 Å². The third-order valence-electron chi connectivity index (χ3n) is 2.52. The van der Waals surface area contributed by atoms with Gasteiger partial charge in [0.1, 0.15) is 0 Å². The quantitative estimate of drug-likeness (QED) is 0.500. The number of benzene rings is 1. The fourth-order valence-corrected chi connectivity index (χ4v) is 1.39. The average molecular weight is 347 g/mol. The van der Waals surface area contributed by atoms with Gasteiger partial charge >= 0.3 is 0 Å². The van der Waals surface area contributed by atoms with E-state index in [9.17, 15) is 0 Å². The monoisotopic (exact) mass is 347 g/mol. The minimum absolute atomic E-state index is 0. The van der Waals surface area contributed by atoms with E-state index in [0.717, 1.165) is 6.42 Å². The van der Waals surface area contributed by atoms with Gasteiger partial charge in [-0.05, 0) is 25.8 Å². The number of aryl methyl sites for hydroxylation is 1. The molecule has 0 aliphatic carbocycles. The van der Waals surface area contributed by atoms with Crippen molar-refractivity contribution in [3.05, 3.63) is 35.4 Å². The first-order valence-electron chi connectivity index (χ1n) is 5.73. The highest BCUT2D eigenvalue weighted by Gasteiger charge is 1.98. The zero-order valence-corrected chi connectivity index (χ0v) is 13.1. The van der Waals surface area contributed by atoms with Crippen molar-refractivity contribution in [1.29, 1.82) is 0 Å². The molecule has 0 bridgehead atoms. The molecule has 0 aliphatic heterocycles. The molecule has 0 aliphatic rings. The first kappa shape index (κ1) is 16.2. The SMILES string of the molecule is CCC(C)NC(N)=NCc1cccc(C)c1.I. The van der Waals surface area contributed by atoms with E-state index < -0.39 is 0 Å². The van der Waals surface area contributed by atoms with Crippen LogP contribution in [0.1, 0.15) is 31.4 Å². The number of rotatable bonds is 4. The highest BCUT2D eigenvalue weighted by molar-refractivity contribution is 14.0. The third kappa shape index (κ3) is 6.51. The number of aliphatic imine (C=N–C) groups is 1. The maximum Gasteiger partial charge on any atom is 0.189 e. The van der Waals surface area contributed by atoms with Crippen molar-refractivity contribution in [3.8, 4) is 0 Å². The van der Waals surface area contributed by atoms with Crippen LogP contribution >= 0.6 is 24.0 Å². The van der Waals surface area contributed by atoms with Crippen LogP contribution in [0.25, 0.3) is 0 Å². The van der Waals surface area contributed by atoms with Crippen molar-refractivity contribution < 1.29 is 0 Å². The van der Waals surface area contributed by atoms with Crippen LogP contribution in [0.4, 0.5) is 0 Å². The second-order valence-corrected chi connectivity index (χ2v) is 4.14. The molecule has 0 spiro atoms. The molecular formula is C13H22IN3. The summed E-state index contributed by atoms with van der Waals surface area (Å²) in [6.45, 7) is 6.92. The summed E-state index contributed by atoms with van der Waals surface area (Å²) in [7, 11) is 0. The van der Waals surface area contributed by atoms with Crippen molar-refractivity contribution in [2.75, 3.05) is 0 Å². The standard InChI is InChI=1S/C13H21N3.HI/c1-4-11(3)16-13(14)15-9-12-7-5-6-10(2)8-12;/h5-8,11H,4,9H2,1-3H3,(H3,14,15,16);1H. The fourth-order valence-electron chi connectivity index (χ4n) is 1.39. The highest BCUT2D eigenvalue weighted by Crippen LogP contribution is 2.04. The number of nitrogens with zero attached hydrogens (tertiary/aromatic N) is 1. The Kier molecular flexibility index (Phi) is 7.95. The van der Waals surface area contributed by atoms with Crippen LogP contribution in [0.2, 0.25) is 0 Å². The molecule has 0 heterocycles. The Labute approximate surface area is 121 Å². The van der Waals surface area contributed by atoms with E-state index in [1.165, 1.54) is 11.1 Å². The van der Waals surface area contributed by atoms with Crippen molar-refractivity contribution in [3.63, 3.8) is 0 Å². The average Bonchev–Trinajstić information content (AvgIpc) is 2.26. The van der Waals surface area contributed by atoms with Crippen molar-refractivity contribution in [2.45, 2.75) is 39.8 Å². The van der Waals surface area contributed by atoms with Crippen LogP contribution in [0.15, 0.2) is 29.3 Å². The molecule has 0 aromatic heterocycles. The molecule has 0 radical (unpaired) electrons. The summed E-state index contributed by atoms with van der Waals surface area (Å²) >= 11 is 0. The molecule has 3 N–H and O–H groups in total. The van der Waals surface area contributed by atoms with Crippen molar-refractivity contribution in [1.82, 2.24) is 5.32 Å². The Morgan fingerprint density at radius 2 is 2.18 bits per heavy atom. The Hall–Kier alpha value is -0.780. The summed E-state index contributed by atoms with van der Waals surface area (Å²) < 4.78 is 0. The summed E-state index contributed by atoms with van der Waals surface area (Å²) in [5, 5.41) is 3.14. The van der Waals surface area contributed by atoms with E-state index in [4.69, 9.17) is 5.73 Å². The first-order chi connectivity index (χ1) is 7.61. The maximum atomic E-state index is 5.77. The number of nitrogens with two attached hydrogens (primary N) is 1. The van der Waals surface area contributed by atoms with Gasteiger partial charge < -0.3 is 11.1 Å². The second kappa shape index (κ2) is 8.33. The smallest absolute Gasteiger partial charge is 0.189 e. The van der Waals surface area contributed by atoms with Crippen molar-refractivity contribution >= 4 is 29.9 Å². The molecule has 4 heteroatoms. The molecular weight excluding hydrogens is 325 g/mol. The molecule has 17 heavy (non-hydrogen) atoms. The molecule has 1 unspecified atom stereocenters. The van der Waals surface area contributed by atoms with Gasteiger partial charge in [0, 0.05) is 6.04 Å². The molecule has 1 rings (SSSR count). The lowest BCUT2D eigenvalue weighted by Gasteiger charge is -2.11. The molecule has 0 fully saturated rings. The zero-order valence-electron chi connectivity index (χ0n) is 10.7. The number of halogens is 1. The van der Waals surface area contributed by atoms with Crippen LogP contribution < -0.4 is 11.1 Å². The summed E-state index contributed by atoms with van der Waals surface area (Å²) in [5.41, 5.74) is 8.21. The normalized spacial score (nSPS) is 12.8. The summed E-state index contributed by atoms with van der Waals surface area (Å²) in [4.78, 5) is 4.31. The molecule has 96 valence electrons. The molecule has 1 aromatic rings. The van der Waals surface area contributed by atoms with E-state index in [-0.39, 0.29) is 24.0 Å². The maximum absolute atomic E-state index is 5.77.